The molecule has 7 heteroatoms. The Morgan fingerprint density at radius 2 is 1.90 bits per heavy atom. The van der Waals surface area contributed by atoms with Gasteiger partial charge in [-0.3, -0.25) is 0 Å². The van der Waals surface area contributed by atoms with Crippen molar-refractivity contribution in [2.45, 2.75) is 19.3 Å². The minimum Gasteiger partial charge on any atom is -0.405 e. The number of alkyl halides is 3. The molecular formula is C13H18F3NO3. The van der Waals surface area contributed by atoms with Crippen molar-refractivity contribution in [1.82, 2.24) is 5.32 Å². The summed E-state index contributed by atoms with van der Waals surface area (Å²) in [6.07, 6.45) is -3.98. The zero-order valence-electron chi connectivity index (χ0n) is 10.9. The van der Waals surface area contributed by atoms with Crippen LogP contribution in [0.1, 0.15) is 12.0 Å². The van der Waals surface area contributed by atoms with E-state index in [9.17, 15) is 13.2 Å². The molecule has 0 unspecified atom stereocenters. The number of benzene rings is 1. The molecule has 0 saturated heterocycles. The van der Waals surface area contributed by atoms with Crippen molar-refractivity contribution in [3.8, 4) is 5.75 Å². The molecule has 4 nitrogen and oxygen atoms in total. The second kappa shape index (κ2) is 8.78. The molecule has 0 aliphatic carbocycles. The lowest BCUT2D eigenvalue weighted by molar-refractivity contribution is -0.274. The lowest BCUT2D eigenvalue weighted by atomic mass is 10.2. The SMILES string of the molecule is OCCOCCCNCc1ccccc1OC(F)(F)F. The van der Waals surface area contributed by atoms with Gasteiger partial charge in [-0.2, -0.15) is 0 Å². The molecular weight excluding hydrogens is 275 g/mol. The molecule has 0 saturated carbocycles. The molecule has 0 fully saturated rings. The number of aliphatic hydroxyl groups is 1. The fraction of sp³-hybridized carbons (Fsp3) is 0.538. The first-order valence-corrected chi connectivity index (χ1v) is 6.26. The normalized spacial score (nSPS) is 11.6. The summed E-state index contributed by atoms with van der Waals surface area (Å²) in [6.45, 7) is 1.66. The Balaban J connectivity index is 2.33. The van der Waals surface area contributed by atoms with Crippen molar-refractivity contribution in [2.75, 3.05) is 26.4 Å². The van der Waals surface area contributed by atoms with E-state index in [1.807, 2.05) is 0 Å². The fourth-order valence-electron chi connectivity index (χ4n) is 1.56. The van der Waals surface area contributed by atoms with Crippen molar-refractivity contribution in [1.29, 1.82) is 0 Å². The van der Waals surface area contributed by atoms with E-state index in [1.54, 1.807) is 12.1 Å². The average Bonchev–Trinajstić information content (AvgIpc) is 2.38. The number of hydrogen-bond donors (Lipinski definition) is 2. The molecule has 2 N–H and O–H groups in total. The lowest BCUT2D eigenvalue weighted by Gasteiger charge is -2.13. The molecule has 1 rings (SSSR count). The maximum absolute atomic E-state index is 12.2. The predicted molar refractivity (Wildman–Crippen MR) is 67.4 cm³/mol. The van der Waals surface area contributed by atoms with Gasteiger partial charge in [-0.15, -0.1) is 13.2 Å². The third-order valence-electron chi connectivity index (χ3n) is 2.39. The summed E-state index contributed by atoms with van der Waals surface area (Å²) in [5, 5.41) is 11.5. The number of aliphatic hydroxyl groups excluding tert-OH is 1. The number of halogens is 3. The van der Waals surface area contributed by atoms with Gasteiger partial charge in [0.05, 0.1) is 13.2 Å². The van der Waals surface area contributed by atoms with Crippen LogP contribution in [-0.2, 0) is 11.3 Å². The van der Waals surface area contributed by atoms with Gasteiger partial charge in [0.2, 0.25) is 0 Å². The molecule has 0 aliphatic heterocycles. The molecule has 0 spiro atoms. The molecule has 20 heavy (non-hydrogen) atoms. The molecule has 0 heterocycles. The Labute approximate surface area is 115 Å². The van der Waals surface area contributed by atoms with Gasteiger partial charge in [0.25, 0.3) is 0 Å². The van der Waals surface area contributed by atoms with E-state index < -0.39 is 6.36 Å². The van der Waals surface area contributed by atoms with E-state index in [-0.39, 0.29) is 18.9 Å². The van der Waals surface area contributed by atoms with E-state index in [1.165, 1.54) is 12.1 Å². The van der Waals surface area contributed by atoms with Crippen LogP contribution in [0.4, 0.5) is 13.2 Å². The third-order valence-corrected chi connectivity index (χ3v) is 2.39. The second-order valence-electron chi connectivity index (χ2n) is 4.02. The predicted octanol–water partition coefficient (Wildman–Crippen LogP) is 2.07. The van der Waals surface area contributed by atoms with E-state index in [0.717, 1.165) is 0 Å². The Morgan fingerprint density at radius 3 is 2.60 bits per heavy atom. The van der Waals surface area contributed by atoms with Crippen LogP contribution in [0.2, 0.25) is 0 Å². The molecule has 114 valence electrons. The number of ether oxygens (including phenoxy) is 2. The highest BCUT2D eigenvalue weighted by atomic mass is 19.4. The molecule has 0 bridgehead atoms. The molecule has 0 aromatic heterocycles. The van der Waals surface area contributed by atoms with Gasteiger partial charge in [0.1, 0.15) is 5.75 Å². The maximum Gasteiger partial charge on any atom is 0.573 e. The number of hydrogen-bond acceptors (Lipinski definition) is 4. The van der Waals surface area contributed by atoms with Gasteiger partial charge in [0.15, 0.2) is 0 Å². The summed E-state index contributed by atoms with van der Waals surface area (Å²) in [7, 11) is 0. The zero-order valence-corrected chi connectivity index (χ0v) is 10.9. The van der Waals surface area contributed by atoms with Gasteiger partial charge in [-0.05, 0) is 19.0 Å². The summed E-state index contributed by atoms with van der Waals surface area (Å²) in [6, 6.07) is 6.02. The molecule has 0 amide bonds. The quantitative estimate of drug-likeness (QED) is 0.684. The van der Waals surface area contributed by atoms with Gasteiger partial charge in [-0.25, -0.2) is 0 Å². The second-order valence-corrected chi connectivity index (χ2v) is 4.02. The monoisotopic (exact) mass is 293 g/mol. The summed E-state index contributed by atoms with van der Waals surface area (Å²) in [4.78, 5) is 0. The van der Waals surface area contributed by atoms with Crippen LogP contribution in [0.3, 0.4) is 0 Å². The maximum atomic E-state index is 12.2. The summed E-state index contributed by atoms with van der Waals surface area (Å²) in [5.41, 5.74) is 0.445. The number of nitrogens with one attached hydrogen (secondary N) is 1. The minimum absolute atomic E-state index is 0.0183. The van der Waals surface area contributed by atoms with Gasteiger partial charge < -0.3 is 19.9 Å². The zero-order chi connectivity index (χ0) is 14.8. The van der Waals surface area contributed by atoms with E-state index >= 15 is 0 Å². The smallest absolute Gasteiger partial charge is 0.405 e. The largest absolute Gasteiger partial charge is 0.573 e. The van der Waals surface area contributed by atoms with Crippen LogP contribution in [-0.4, -0.2) is 37.8 Å². The Hall–Kier alpha value is -1.31. The van der Waals surface area contributed by atoms with Crippen LogP contribution in [0.15, 0.2) is 24.3 Å². The number of rotatable bonds is 9. The lowest BCUT2D eigenvalue weighted by Crippen LogP contribution is -2.21. The van der Waals surface area contributed by atoms with Crippen LogP contribution in [0.25, 0.3) is 0 Å². The van der Waals surface area contributed by atoms with E-state index in [4.69, 9.17) is 9.84 Å². The summed E-state index contributed by atoms with van der Waals surface area (Å²) in [5.74, 6) is -0.191. The van der Waals surface area contributed by atoms with Gasteiger partial charge in [0, 0.05) is 18.7 Å². The third kappa shape index (κ3) is 7.32. The Kier molecular flexibility index (Phi) is 7.35. The van der Waals surface area contributed by atoms with Crippen molar-refractivity contribution in [3.05, 3.63) is 29.8 Å². The van der Waals surface area contributed by atoms with Crippen LogP contribution < -0.4 is 10.1 Å². The van der Waals surface area contributed by atoms with Crippen molar-refractivity contribution < 1.29 is 27.8 Å². The first-order chi connectivity index (χ1) is 9.53. The molecule has 0 aliphatic rings. The van der Waals surface area contributed by atoms with Crippen LogP contribution in [0.5, 0.6) is 5.75 Å². The molecule has 1 aromatic rings. The average molecular weight is 293 g/mol. The highest BCUT2D eigenvalue weighted by Gasteiger charge is 2.31. The van der Waals surface area contributed by atoms with Gasteiger partial charge in [-0.1, -0.05) is 18.2 Å². The van der Waals surface area contributed by atoms with E-state index in [0.29, 0.717) is 31.7 Å². The topological polar surface area (TPSA) is 50.7 Å². The van der Waals surface area contributed by atoms with Crippen molar-refractivity contribution >= 4 is 0 Å². The number of para-hydroxylation sites is 1. The summed E-state index contributed by atoms with van der Waals surface area (Å²) >= 11 is 0. The van der Waals surface area contributed by atoms with Crippen molar-refractivity contribution in [3.63, 3.8) is 0 Å². The highest BCUT2D eigenvalue weighted by Crippen LogP contribution is 2.25. The summed E-state index contributed by atoms with van der Waals surface area (Å²) < 4.78 is 45.6. The van der Waals surface area contributed by atoms with Crippen LogP contribution >= 0.6 is 0 Å². The fourth-order valence-corrected chi connectivity index (χ4v) is 1.56. The molecule has 0 atom stereocenters. The Morgan fingerprint density at radius 1 is 1.15 bits per heavy atom. The standard InChI is InChI=1S/C13H18F3NO3/c14-13(15,16)20-12-5-2-1-4-11(12)10-17-6-3-8-19-9-7-18/h1-2,4-5,17-18H,3,6-10H2. The van der Waals surface area contributed by atoms with Crippen LogP contribution in [0, 0.1) is 0 Å². The molecule has 1 aromatic carbocycles. The first-order valence-electron chi connectivity index (χ1n) is 6.26. The van der Waals surface area contributed by atoms with E-state index in [2.05, 4.69) is 10.1 Å². The minimum atomic E-state index is -4.69. The highest BCUT2D eigenvalue weighted by molar-refractivity contribution is 5.33. The molecule has 0 radical (unpaired) electrons. The first kappa shape index (κ1) is 16.7. The van der Waals surface area contributed by atoms with Gasteiger partial charge >= 0.3 is 6.36 Å². The van der Waals surface area contributed by atoms with Crippen molar-refractivity contribution in [2.24, 2.45) is 0 Å². The Bertz CT molecular complexity index is 385.